The first-order valence-electron chi connectivity index (χ1n) is 8.97. The van der Waals surface area contributed by atoms with E-state index >= 15 is 0 Å². The number of benzene rings is 2. The maximum atomic E-state index is 13.4. The summed E-state index contributed by atoms with van der Waals surface area (Å²) in [5.74, 6) is -0.447. The van der Waals surface area contributed by atoms with Crippen molar-refractivity contribution < 1.29 is 19.4 Å². The molecule has 0 bridgehead atoms. The molecule has 1 fully saturated rings. The SMILES string of the molecule is CN(C(=O)C1(Sc2ccccc2)CCCC1)c1ccc(OCC(=O)O)cc1. The summed E-state index contributed by atoms with van der Waals surface area (Å²) in [6, 6.07) is 17.0. The van der Waals surface area contributed by atoms with Gasteiger partial charge in [-0.05, 0) is 49.2 Å². The molecule has 0 unspecified atom stereocenters. The highest BCUT2D eigenvalue weighted by Crippen LogP contribution is 2.46. The monoisotopic (exact) mass is 385 g/mol. The number of aliphatic carboxylic acids is 1. The van der Waals surface area contributed by atoms with Gasteiger partial charge in [-0.3, -0.25) is 4.79 Å². The molecular formula is C21H23NO4S. The number of ether oxygens (including phenoxy) is 1. The van der Waals surface area contributed by atoms with Crippen LogP contribution in [0.4, 0.5) is 5.69 Å². The van der Waals surface area contributed by atoms with E-state index < -0.39 is 10.7 Å². The number of hydrogen-bond donors (Lipinski definition) is 1. The maximum absolute atomic E-state index is 13.4. The number of rotatable bonds is 7. The van der Waals surface area contributed by atoms with E-state index in [0.29, 0.717) is 5.75 Å². The lowest BCUT2D eigenvalue weighted by atomic mass is 10.1. The highest BCUT2D eigenvalue weighted by molar-refractivity contribution is 8.01. The van der Waals surface area contributed by atoms with E-state index in [9.17, 15) is 9.59 Å². The van der Waals surface area contributed by atoms with Crippen LogP contribution in [0.3, 0.4) is 0 Å². The highest BCUT2D eigenvalue weighted by atomic mass is 32.2. The van der Waals surface area contributed by atoms with Crippen molar-refractivity contribution in [1.82, 2.24) is 0 Å². The Hall–Kier alpha value is -2.47. The molecule has 0 saturated heterocycles. The zero-order valence-electron chi connectivity index (χ0n) is 15.3. The van der Waals surface area contributed by atoms with Crippen LogP contribution in [0.2, 0.25) is 0 Å². The van der Waals surface area contributed by atoms with Crippen molar-refractivity contribution in [3.8, 4) is 5.75 Å². The van der Waals surface area contributed by atoms with Crippen molar-refractivity contribution >= 4 is 29.3 Å². The van der Waals surface area contributed by atoms with Gasteiger partial charge in [0.25, 0.3) is 0 Å². The minimum atomic E-state index is -1.02. The second-order valence-electron chi connectivity index (χ2n) is 6.66. The lowest BCUT2D eigenvalue weighted by Crippen LogP contribution is -2.43. The smallest absolute Gasteiger partial charge is 0.341 e. The quantitative estimate of drug-likeness (QED) is 0.773. The summed E-state index contributed by atoms with van der Waals surface area (Å²) < 4.78 is 4.72. The molecule has 5 nitrogen and oxygen atoms in total. The van der Waals surface area contributed by atoms with Crippen LogP contribution in [0.1, 0.15) is 25.7 Å². The van der Waals surface area contributed by atoms with Crippen molar-refractivity contribution in [3.05, 3.63) is 54.6 Å². The van der Waals surface area contributed by atoms with Gasteiger partial charge in [-0.1, -0.05) is 31.0 Å². The second kappa shape index (κ2) is 8.48. The Balaban J connectivity index is 1.75. The average molecular weight is 385 g/mol. The molecule has 3 rings (SSSR count). The molecule has 27 heavy (non-hydrogen) atoms. The molecule has 0 radical (unpaired) electrons. The van der Waals surface area contributed by atoms with Crippen LogP contribution in [-0.2, 0) is 9.59 Å². The number of nitrogens with zero attached hydrogens (tertiary/aromatic N) is 1. The lowest BCUT2D eigenvalue weighted by molar-refractivity contribution is -0.139. The van der Waals surface area contributed by atoms with Crippen LogP contribution in [0.5, 0.6) is 5.75 Å². The predicted octanol–water partition coefficient (Wildman–Crippen LogP) is 4.22. The van der Waals surface area contributed by atoms with E-state index in [4.69, 9.17) is 9.84 Å². The van der Waals surface area contributed by atoms with Gasteiger partial charge in [0, 0.05) is 17.6 Å². The molecule has 1 aliphatic rings. The third-order valence-electron chi connectivity index (χ3n) is 4.75. The topological polar surface area (TPSA) is 66.8 Å². The normalized spacial score (nSPS) is 15.3. The van der Waals surface area contributed by atoms with Gasteiger partial charge in [0.05, 0.1) is 4.75 Å². The molecule has 0 heterocycles. The molecule has 2 aromatic carbocycles. The Bertz CT molecular complexity index is 786. The van der Waals surface area contributed by atoms with E-state index in [2.05, 4.69) is 0 Å². The first kappa shape index (κ1) is 19.3. The van der Waals surface area contributed by atoms with E-state index in [1.807, 2.05) is 30.3 Å². The minimum Gasteiger partial charge on any atom is -0.482 e. The van der Waals surface area contributed by atoms with E-state index in [1.54, 1.807) is 48.0 Å². The van der Waals surface area contributed by atoms with Gasteiger partial charge in [0.15, 0.2) is 6.61 Å². The number of carboxylic acids is 1. The predicted molar refractivity (Wildman–Crippen MR) is 106 cm³/mol. The molecule has 0 atom stereocenters. The Morgan fingerprint density at radius 2 is 1.70 bits per heavy atom. The first-order chi connectivity index (χ1) is 13.0. The van der Waals surface area contributed by atoms with Crippen molar-refractivity contribution in [1.29, 1.82) is 0 Å². The van der Waals surface area contributed by atoms with Crippen molar-refractivity contribution in [3.63, 3.8) is 0 Å². The first-order valence-corrected chi connectivity index (χ1v) is 9.79. The number of anilines is 1. The summed E-state index contributed by atoms with van der Waals surface area (Å²) in [5.41, 5.74) is 0.766. The second-order valence-corrected chi connectivity index (χ2v) is 8.11. The molecule has 1 saturated carbocycles. The van der Waals surface area contributed by atoms with Crippen LogP contribution in [0.15, 0.2) is 59.5 Å². The summed E-state index contributed by atoms with van der Waals surface area (Å²) in [4.78, 5) is 26.8. The van der Waals surface area contributed by atoms with Crippen LogP contribution in [0, 0.1) is 0 Å². The van der Waals surface area contributed by atoms with E-state index in [0.717, 1.165) is 36.3 Å². The zero-order chi connectivity index (χ0) is 19.3. The van der Waals surface area contributed by atoms with Gasteiger partial charge in [0.1, 0.15) is 5.75 Å². The largest absolute Gasteiger partial charge is 0.482 e. The Kier molecular flexibility index (Phi) is 6.06. The van der Waals surface area contributed by atoms with Crippen molar-refractivity contribution in [2.24, 2.45) is 0 Å². The molecule has 1 aliphatic carbocycles. The Morgan fingerprint density at radius 3 is 2.30 bits per heavy atom. The summed E-state index contributed by atoms with van der Waals surface area (Å²) >= 11 is 1.66. The highest BCUT2D eigenvalue weighted by Gasteiger charge is 2.44. The Labute approximate surface area is 163 Å². The zero-order valence-corrected chi connectivity index (χ0v) is 16.1. The summed E-state index contributed by atoms with van der Waals surface area (Å²) in [5, 5.41) is 8.68. The van der Waals surface area contributed by atoms with Gasteiger partial charge < -0.3 is 14.7 Å². The van der Waals surface area contributed by atoms with Crippen LogP contribution in [0.25, 0.3) is 0 Å². The van der Waals surface area contributed by atoms with E-state index in [1.165, 1.54) is 0 Å². The molecular weight excluding hydrogens is 362 g/mol. The molecule has 6 heteroatoms. The molecule has 1 N–H and O–H groups in total. The van der Waals surface area contributed by atoms with Crippen LogP contribution >= 0.6 is 11.8 Å². The number of thioether (sulfide) groups is 1. The Morgan fingerprint density at radius 1 is 1.07 bits per heavy atom. The third-order valence-corrected chi connectivity index (χ3v) is 6.23. The van der Waals surface area contributed by atoms with E-state index in [-0.39, 0.29) is 12.5 Å². The average Bonchev–Trinajstić information content (AvgIpc) is 3.16. The molecule has 0 aromatic heterocycles. The number of carboxylic acid groups (broad SMARTS) is 1. The van der Waals surface area contributed by atoms with Gasteiger partial charge >= 0.3 is 5.97 Å². The van der Waals surface area contributed by atoms with Crippen LogP contribution in [-0.4, -0.2) is 35.4 Å². The molecule has 142 valence electrons. The summed E-state index contributed by atoms with van der Waals surface area (Å²) in [6.45, 7) is -0.384. The van der Waals surface area contributed by atoms with Gasteiger partial charge in [0.2, 0.25) is 5.91 Å². The minimum absolute atomic E-state index is 0.105. The standard InChI is InChI=1S/C21H23NO4S/c1-22(16-9-11-17(12-10-16)26-15-19(23)24)20(25)21(13-5-6-14-21)27-18-7-3-2-4-8-18/h2-4,7-12H,5-6,13-15H2,1H3,(H,23,24). The fourth-order valence-electron chi connectivity index (χ4n) is 3.35. The molecule has 0 aliphatic heterocycles. The third kappa shape index (κ3) is 4.63. The number of hydrogen-bond acceptors (Lipinski definition) is 4. The van der Waals surface area contributed by atoms with Gasteiger partial charge in [-0.2, -0.15) is 0 Å². The molecule has 1 amide bonds. The van der Waals surface area contributed by atoms with Crippen molar-refractivity contribution in [2.45, 2.75) is 35.3 Å². The lowest BCUT2D eigenvalue weighted by Gasteiger charge is -2.32. The fourth-order valence-corrected chi connectivity index (χ4v) is 4.82. The van der Waals surface area contributed by atoms with Gasteiger partial charge in [-0.25, -0.2) is 4.79 Å². The van der Waals surface area contributed by atoms with Crippen molar-refractivity contribution in [2.75, 3.05) is 18.6 Å². The van der Waals surface area contributed by atoms with Crippen LogP contribution < -0.4 is 9.64 Å². The maximum Gasteiger partial charge on any atom is 0.341 e. The summed E-state index contributed by atoms with van der Waals surface area (Å²) in [7, 11) is 1.79. The molecule has 2 aromatic rings. The number of carbonyl (C=O) groups excluding carboxylic acids is 1. The van der Waals surface area contributed by atoms with Gasteiger partial charge in [-0.15, -0.1) is 11.8 Å². The fraction of sp³-hybridized carbons (Fsp3) is 0.333. The molecule has 0 spiro atoms. The number of amides is 1. The number of carbonyl (C=O) groups is 2. The summed E-state index contributed by atoms with van der Waals surface area (Å²) in [6.07, 6.45) is 3.86.